The van der Waals surface area contributed by atoms with Crippen LogP contribution >= 0.6 is 43.5 Å². The topological polar surface area (TPSA) is 20.2 Å². The molecule has 0 unspecified atom stereocenters. The average molecular weight is 300 g/mol. The van der Waals surface area contributed by atoms with E-state index >= 15 is 0 Å². The van der Waals surface area contributed by atoms with Crippen molar-refractivity contribution in [3.05, 3.63) is 31.7 Å². The van der Waals surface area contributed by atoms with E-state index in [1.807, 2.05) is 6.07 Å². The van der Waals surface area contributed by atoms with Crippen LogP contribution in [-0.2, 0) is 6.61 Å². The van der Waals surface area contributed by atoms with Gasteiger partial charge in [-0.05, 0) is 49.6 Å². The maximum absolute atomic E-state index is 8.78. The van der Waals surface area contributed by atoms with Crippen LogP contribution in [0, 0.1) is 0 Å². The highest BCUT2D eigenvalue weighted by molar-refractivity contribution is 9.13. The molecule has 11 heavy (non-hydrogen) atoms. The van der Waals surface area contributed by atoms with Crippen LogP contribution in [0.1, 0.15) is 5.56 Å². The van der Waals surface area contributed by atoms with E-state index in [4.69, 9.17) is 16.7 Å². The lowest BCUT2D eigenvalue weighted by Crippen LogP contribution is -1.83. The van der Waals surface area contributed by atoms with E-state index in [-0.39, 0.29) is 6.61 Å². The number of aliphatic hydroxyl groups excluding tert-OH is 1. The van der Waals surface area contributed by atoms with Gasteiger partial charge in [-0.15, -0.1) is 0 Å². The van der Waals surface area contributed by atoms with Crippen LogP contribution in [-0.4, -0.2) is 5.11 Å². The van der Waals surface area contributed by atoms with Crippen LogP contribution < -0.4 is 0 Å². The van der Waals surface area contributed by atoms with E-state index in [1.54, 1.807) is 6.07 Å². The Morgan fingerprint density at radius 1 is 1.36 bits per heavy atom. The molecule has 1 aromatic carbocycles. The predicted molar refractivity (Wildman–Crippen MR) is 52.8 cm³/mol. The van der Waals surface area contributed by atoms with Gasteiger partial charge in [0.1, 0.15) is 0 Å². The number of rotatable bonds is 1. The molecule has 0 saturated carbocycles. The Morgan fingerprint density at radius 3 is 2.45 bits per heavy atom. The number of hydrogen-bond acceptors (Lipinski definition) is 1. The first-order valence-corrected chi connectivity index (χ1v) is 4.86. The van der Waals surface area contributed by atoms with E-state index in [1.165, 1.54) is 0 Å². The molecule has 0 fully saturated rings. The maximum atomic E-state index is 8.78. The lowest BCUT2D eigenvalue weighted by molar-refractivity contribution is 0.282. The van der Waals surface area contributed by atoms with Crippen LogP contribution in [0.3, 0.4) is 0 Å². The molecule has 0 bridgehead atoms. The predicted octanol–water partition coefficient (Wildman–Crippen LogP) is 3.36. The van der Waals surface area contributed by atoms with E-state index in [9.17, 15) is 0 Å². The Kier molecular flexibility index (Phi) is 3.37. The second-order valence-electron chi connectivity index (χ2n) is 2.03. The Hall–Kier alpha value is 0.430. The third-order valence-corrected chi connectivity index (χ3v) is 3.76. The van der Waals surface area contributed by atoms with Crippen LogP contribution in [0.2, 0.25) is 5.02 Å². The number of benzene rings is 1. The molecule has 0 aromatic heterocycles. The Balaban J connectivity index is 3.21. The Morgan fingerprint density at radius 2 is 2.00 bits per heavy atom. The van der Waals surface area contributed by atoms with Crippen LogP contribution in [0.5, 0.6) is 0 Å². The zero-order valence-corrected chi connectivity index (χ0v) is 9.37. The van der Waals surface area contributed by atoms with Crippen molar-refractivity contribution in [2.45, 2.75) is 6.61 Å². The molecule has 0 aliphatic rings. The minimum atomic E-state index is 0.00556. The molecule has 0 saturated heterocycles. The molecule has 0 aliphatic carbocycles. The van der Waals surface area contributed by atoms with Gasteiger partial charge in [0.05, 0.1) is 16.1 Å². The maximum Gasteiger partial charge on any atom is 0.0682 e. The van der Waals surface area contributed by atoms with E-state index < -0.39 is 0 Å². The summed E-state index contributed by atoms with van der Waals surface area (Å²) in [4.78, 5) is 0. The summed E-state index contributed by atoms with van der Waals surface area (Å²) in [5.41, 5.74) is 0.796. The second-order valence-corrected chi connectivity index (χ2v) is 4.09. The Bertz CT molecular complexity index is 252. The number of aliphatic hydroxyl groups is 1. The lowest BCUT2D eigenvalue weighted by atomic mass is 10.2. The van der Waals surface area contributed by atoms with Crippen LogP contribution in [0.25, 0.3) is 0 Å². The first-order chi connectivity index (χ1) is 5.15. The molecule has 4 heteroatoms. The third kappa shape index (κ3) is 2.18. The molecule has 60 valence electrons. The van der Waals surface area contributed by atoms with Gasteiger partial charge in [0, 0.05) is 4.47 Å². The monoisotopic (exact) mass is 298 g/mol. The minimum absolute atomic E-state index is 0.00556. The molecule has 0 amide bonds. The molecule has 1 nitrogen and oxygen atoms in total. The van der Waals surface area contributed by atoms with Crippen molar-refractivity contribution < 1.29 is 5.11 Å². The summed E-state index contributed by atoms with van der Waals surface area (Å²) in [5, 5.41) is 9.38. The average Bonchev–Trinajstić information content (AvgIpc) is 1.99. The summed E-state index contributed by atoms with van der Waals surface area (Å²) in [6, 6.07) is 3.53. The van der Waals surface area contributed by atoms with Gasteiger partial charge < -0.3 is 5.11 Å². The number of halogens is 3. The van der Waals surface area contributed by atoms with Gasteiger partial charge in [-0.3, -0.25) is 0 Å². The highest BCUT2D eigenvalue weighted by atomic mass is 79.9. The van der Waals surface area contributed by atoms with Gasteiger partial charge in [-0.2, -0.15) is 0 Å². The van der Waals surface area contributed by atoms with Gasteiger partial charge >= 0.3 is 0 Å². The summed E-state index contributed by atoms with van der Waals surface area (Å²) in [6.45, 7) is 0.00556. The standard InChI is InChI=1S/C7H5Br2ClO/c8-5-1-4(3-11)2-6(10)7(5)9/h1-2,11H,3H2. The zero-order valence-electron chi connectivity index (χ0n) is 5.44. The largest absolute Gasteiger partial charge is 0.392 e. The van der Waals surface area contributed by atoms with E-state index in [2.05, 4.69) is 31.9 Å². The van der Waals surface area contributed by atoms with Crippen molar-refractivity contribution in [1.29, 1.82) is 0 Å². The molecular formula is C7H5Br2ClO. The smallest absolute Gasteiger partial charge is 0.0682 e. The molecule has 0 spiro atoms. The van der Waals surface area contributed by atoms with E-state index in [0.717, 1.165) is 14.5 Å². The SMILES string of the molecule is OCc1cc(Cl)c(Br)c(Br)c1. The second kappa shape index (κ2) is 3.90. The highest BCUT2D eigenvalue weighted by Crippen LogP contribution is 2.31. The quantitative estimate of drug-likeness (QED) is 0.789. The van der Waals surface area contributed by atoms with Gasteiger partial charge in [-0.1, -0.05) is 11.6 Å². The summed E-state index contributed by atoms with van der Waals surface area (Å²) in [6.07, 6.45) is 0. The van der Waals surface area contributed by atoms with Crippen LogP contribution in [0.15, 0.2) is 21.1 Å². The summed E-state index contributed by atoms with van der Waals surface area (Å²) >= 11 is 12.4. The normalized spacial score (nSPS) is 10.2. The highest BCUT2D eigenvalue weighted by Gasteiger charge is 2.03. The fourth-order valence-corrected chi connectivity index (χ4v) is 1.79. The first kappa shape index (κ1) is 9.52. The molecule has 0 radical (unpaired) electrons. The Labute approximate surface area is 86.6 Å². The van der Waals surface area contributed by atoms with Crippen molar-refractivity contribution in [3.8, 4) is 0 Å². The van der Waals surface area contributed by atoms with Crippen LogP contribution in [0.4, 0.5) is 0 Å². The minimum Gasteiger partial charge on any atom is -0.392 e. The number of hydrogen-bond donors (Lipinski definition) is 1. The van der Waals surface area contributed by atoms with Gasteiger partial charge in [0.25, 0.3) is 0 Å². The summed E-state index contributed by atoms with van der Waals surface area (Å²) in [7, 11) is 0. The van der Waals surface area contributed by atoms with Crippen molar-refractivity contribution in [2.24, 2.45) is 0 Å². The molecule has 0 atom stereocenters. The van der Waals surface area contributed by atoms with Crippen molar-refractivity contribution >= 4 is 43.5 Å². The first-order valence-electron chi connectivity index (χ1n) is 2.89. The lowest BCUT2D eigenvalue weighted by Gasteiger charge is -2.01. The van der Waals surface area contributed by atoms with Gasteiger partial charge in [-0.25, -0.2) is 0 Å². The molecule has 0 aliphatic heterocycles. The fourth-order valence-electron chi connectivity index (χ4n) is 0.699. The molecule has 0 heterocycles. The van der Waals surface area contributed by atoms with Gasteiger partial charge in [0.15, 0.2) is 0 Å². The summed E-state index contributed by atoms with van der Waals surface area (Å²) < 4.78 is 1.67. The molecule has 1 aromatic rings. The molecule has 1 rings (SSSR count). The molecule has 1 N–H and O–H groups in total. The third-order valence-electron chi connectivity index (χ3n) is 1.23. The van der Waals surface area contributed by atoms with Crippen molar-refractivity contribution in [3.63, 3.8) is 0 Å². The van der Waals surface area contributed by atoms with Crippen molar-refractivity contribution in [1.82, 2.24) is 0 Å². The zero-order chi connectivity index (χ0) is 8.43. The van der Waals surface area contributed by atoms with Crippen molar-refractivity contribution in [2.75, 3.05) is 0 Å². The fraction of sp³-hybridized carbons (Fsp3) is 0.143. The van der Waals surface area contributed by atoms with E-state index in [0.29, 0.717) is 5.02 Å². The molecular weight excluding hydrogens is 295 g/mol. The summed E-state index contributed by atoms with van der Waals surface area (Å²) in [5.74, 6) is 0. The van der Waals surface area contributed by atoms with Gasteiger partial charge in [0.2, 0.25) is 0 Å².